The Bertz CT molecular complexity index is 677. The van der Waals surface area contributed by atoms with Crippen molar-refractivity contribution in [1.29, 1.82) is 0 Å². The van der Waals surface area contributed by atoms with Crippen molar-refractivity contribution in [2.24, 2.45) is 0 Å². The van der Waals surface area contributed by atoms with Crippen molar-refractivity contribution in [3.63, 3.8) is 0 Å². The van der Waals surface area contributed by atoms with Crippen molar-refractivity contribution in [2.45, 2.75) is 40.2 Å². The van der Waals surface area contributed by atoms with Gasteiger partial charge in [0.25, 0.3) is 0 Å². The first-order valence-corrected chi connectivity index (χ1v) is 7.86. The van der Waals surface area contributed by atoms with E-state index in [9.17, 15) is 4.79 Å². The van der Waals surface area contributed by atoms with Crippen LogP contribution >= 0.6 is 11.6 Å². The van der Waals surface area contributed by atoms with Gasteiger partial charge in [-0.25, -0.2) is 0 Å². The summed E-state index contributed by atoms with van der Waals surface area (Å²) in [6.07, 6.45) is 0.366. The van der Waals surface area contributed by atoms with E-state index in [1.54, 1.807) is 12.1 Å². The summed E-state index contributed by atoms with van der Waals surface area (Å²) in [7, 11) is 0. The lowest BCUT2D eigenvalue weighted by atomic mass is 9.96. The number of aryl methyl sites for hydroxylation is 3. The fourth-order valence-corrected chi connectivity index (χ4v) is 2.73. The molecule has 0 aliphatic rings. The SMILES string of the molecule is Cc1cc(C)c(C(C)NC(=O)Cc2ccc(Cl)cc2)cc1C. The maximum Gasteiger partial charge on any atom is 0.224 e. The van der Waals surface area contributed by atoms with Crippen LogP contribution in [0.15, 0.2) is 36.4 Å². The van der Waals surface area contributed by atoms with Crippen molar-refractivity contribution in [1.82, 2.24) is 5.32 Å². The van der Waals surface area contributed by atoms with Crippen LogP contribution in [0.2, 0.25) is 5.02 Å². The highest BCUT2D eigenvalue weighted by molar-refractivity contribution is 6.30. The molecule has 0 saturated carbocycles. The van der Waals surface area contributed by atoms with Gasteiger partial charge in [0.2, 0.25) is 5.91 Å². The second kappa shape index (κ2) is 6.97. The molecule has 2 aromatic carbocycles. The van der Waals surface area contributed by atoms with E-state index in [-0.39, 0.29) is 11.9 Å². The van der Waals surface area contributed by atoms with Crippen LogP contribution in [0.5, 0.6) is 0 Å². The third-order valence-electron chi connectivity index (χ3n) is 4.00. The largest absolute Gasteiger partial charge is 0.349 e. The van der Waals surface area contributed by atoms with Crippen molar-refractivity contribution in [3.8, 4) is 0 Å². The molecule has 0 bridgehead atoms. The fraction of sp³-hybridized carbons (Fsp3) is 0.316. The number of nitrogens with one attached hydrogen (secondary N) is 1. The minimum Gasteiger partial charge on any atom is -0.349 e. The van der Waals surface area contributed by atoms with E-state index in [4.69, 9.17) is 11.6 Å². The number of hydrogen-bond acceptors (Lipinski definition) is 1. The van der Waals surface area contributed by atoms with Gasteiger partial charge >= 0.3 is 0 Å². The van der Waals surface area contributed by atoms with Crippen LogP contribution in [0.25, 0.3) is 0 Å². The lowest BCUT2D eigenvalue weighted by Crippen LogP contribution is -2.28. The standard InChI is InChI=1S/C19H22ClNO/c1-12-9-14(3)18(10-13(12)2)15(4)21-19(22)11-16-5-7-17(20)8-6-16/h5-10,15H,11H2,1-4H3,(H,21,22). The summed E-state index contributed by atoms with van der Waals surface area (Å²) >= 11 is 5.86. The third-order valence-corrected chi connectivity index (χ3v) is 4.26. The molecule has 2 aromatic rings. The van der Waals surface area contributed by atoms with Crippen LogP contribution in [0.3, 0.4) is 0 Å². The minimum atomic E-state index is -0.000833. The molecule has 1 amide bonds. The van der Waals surface area contributed by atoms with E-state index in [0.717, 1.165) is 5.56 Å². The zero-order valence-corrected chi connectivity index (χ0v) is 14.3. The highest BCUT2D eigenvalue weighted by Crippen LogP contribution is 2.21. The van der Waals surface area contributed by atoms with Crippen LogP contribution in [-0.4, -0.2) is 5.91 Å². The average molecular weight is 316 g/mol. The van der Waals surface area contributed by atoms with Gasteiger partial charge in [-0.05, 0) is 67.6 Å². The molecule has 1 unspecified atom stereocenters. The number of halogens is 1. The zero-order valence-electron chi connectivity index (χ0n) is 13.5. The summed E-state index contributed by atoms with van der Waals surface area (Å²) < 4.78 is 0. The lowest BCUT2D eigenvalue weighted by molar-refractivity contribution is -0.121. The predicted octanol–water partition coefficient (Wildman–Crippen LogP) is 4.69. The van der Waals surface area contributed by atoms with Gasteiger partial charge < -0.3 is 5.32 Å². The highest BCUT2D eigenvalue weighted by Gasteiger charge is 2.13. The molecule has 3 heteroatoms. The maximum atomic E-state index is 12.2. The first-order valence-electron chi connectivity index (χ1n) is 7.48. The van der Waals surface area contributed by atoms with Crippen LogP contribution in [0, 0.1) is 20.8 Å². The summed E-state index contributed by atoms with van der Waals surface area (Å²) in [6, 6.07) is 11.7. The van der Waals surface area contributed by atoms with Crippen LogP contribution in [0.4, 0.5) is 0 Å². The van der Waals surface area contributed by atoms with Gasteiger partial charge in [-0.1, -0.05) is 35.9 Å². The summed E-state index contributed by atoms with van der Waals surface area (Å²) in [5.41, 5.74) is 5.88. The second-order valence-corrected chi connectivity index (χ2v) is 6.32. The summed E-state index contributed by atoms with van der Waals surface area (Å²) in [4.78, 5) is 12.2. The monoisotopic (exact) mass is 315 g/mol. The third kappa shape index (κ3) is 4.11. The van der Waals surface area contributed by atoms with E-state index >= 15 is 0 Å². The first kappa shape index (κ1) is 16.6. The summed E-state index contributed by atoms with van der Waals surface area (Å²) in [5.74, 6) is 0.0208. The Morgan fingerprint density at radius 3 is 2.27 bits per heavy atom. The molecule has 0 saturated heterocycles. The molecular weight excluding hydrogens is 294 g/mol. The maximum absolute atomic E-state index is 12.2. The van der Waals surface area contributed by atoms with E-state index in [2.05, 4.69) is 38.2 Å². The number of rotatable bonds is 4. The quantitative estimate of drug-likeness (QED) is 0.871. The molecule has 2 rings (SSSR count). The predicted molar refractivity (Wildman–Crippen MR) is 92.4 cm³/mol. The molecule has 0 radical (unpaired) electrons. The van der Waals surface area contributed by atoms with E-state index in [0.29, 0.717) is 11.4 Å². The molecule has 1 N–H and O–H groups in total. The van der Waals surface area contributed by atoms with Gasteiger partial charge in [0.1, 0.15) is 0 Å². The normalized spacial score (nSPS) is 12.0. The van der Waals surface area contributed by atoms with Gasteiger partial charge in [0.05, 0.1) is 12.5 Å². The smallest absolute Gasteiger partial charge is 0.224 e. The number of benzene rings is 2. The van der Waals surface area contributed by atoms with Crippen LogP contribution in [-0.2, 0) is 11.2 Å². The zero-order chi connectivity index (χ0) is 16.3. The number of carbonyl (C=O) groups excluding carboxylic acids is 1. The molecule has 0 aromatic heterocycles. The van der Waals surface area contributed by atoms with Crippen molar-refractivity contribution in [3.05, 3.63) is 69.2 Å². The van der Waals surface area contributed by atoms with E-state index in [1.165, 1.54) is 22.3 Å². The Hall–Kier alpha value is -1.80. The number of amides is 1. The van der Waals surface area contributed by atoms with Crippen LogP contribution in [0.1, 0.15) is 40.8 Å². The van der Waals surface area contributed by atoms with Crippen LogP contribution < -0.4 is 5.32 Å². The molecule has 0 aliphatic carbocycles. The summed E-state index contributed by atoms with van der Waals surface area (Å²) in [5, 5.41) is 3.76. The lowest BCUT2D eigenvalue weighted by Gasteiger charge is -2.18. The Balaban J connectivity index is 2.05. The van der Waals surface area contributed by atoms with Crippen molar-refractivity contribution in [2.75, 3.05) is 0 Å². The van der Waals surface area contributed by atoms with Gasteiger partial charge in [0, 0.05) is 5.02 Å². The number of hydrogen-bond donors (Lipinski definition) is 1. The molecule has 0 spiro atoms. The Labute approximate surface area is 137 Å². The Morgan fingerprint density at radius 2 is 1.64 bits per heavy atom. The second-order valence-electron chi connectivity index (χ2n) is 5.89. The van der Waals surface area contributed by atoms with E-state index < -0.39 is 0 Å². The molecule has 22 heavy (non-hydrogen) atoms. The van der Waals surface area contributed by atoms with E-state index in [1.807, 2.05) is 19.1 Å². The molecule has 2 nitrogen and oxygen atoms in total. The van der Waals surface area contributed by atoms with Gasteiger partial charge in [-0.15, -0.1) is 0 Å². The molecule has 0 aliphatic heterocycles. The van der Waals surface area contributed by atoms with Gasteiger partial charge in [0.15, 0.2) is 0 Å². The topological polar surface area (TPSA) is 29.1 Å². The molecule has 0 fully saturated rings. The first-order chi connectivity index (χ1) is 10.4. The minimum absolute atomic E-state index is 0.000833. The Morgan fingerprint density at radius 1 is 1.05 bits per heavy atom. The fourth-order valence-electron chi connectivity index (χ4n) is 2.61. The average Bonchev–Trinajstić information content (AvgIpc) is 2.45. The number of carbonyl (C=O) groups is 1. The molecule has 0 heterocycles. The van der Waals surface area contributed by atoms with Crippen molar-refractivity contribution >= 4 is 17.5 Å². The molecule has 1 atom stereocenters. The highest BCUT2D eigenvalue weighted by atomic mass is 35.5. The van der Waals surface area contributed by atoms with Crippen molar-refractivity contribution < 1.29 is 4.79 Å². The molecular formula is C19H22ClNO. The summed E-state index contributed by atoms with van der Waals surface area (Å²) in [6.45, 7) is 8.32. The van der Waals surface area contributed by atoms with Gasteiger partial charge in [-0.3, -0.25) is 4.79 Å². The van der Waals surface area contributed by atoms with Gasteiger partial charge in [-0.2, -0.15) is 0 Å². The Kier molecular flexibility index (Phi) is 5.25. The molecule has 116 valence electrons.